The third-order valence-corrected chi connectivity index (χ3v) is 7.80. The maximum atomic E-state index is 13.5. The van der Waals surface area contributed by atoms with Crippen molar-refractivity contribution in [2.75, 3.05) is 11.9 Å². The Kier molecular flexibility index (Phi) is 10.2. The Morgan fingerprint density at radius 2 is 1.71 bits per heavy atom. The number of nitrogens with one attached hydrogen (secondary N) is 2. The van der Waals surface area contributed by atoms with Crippen LogP contribution in [0.5, 0.6) is 0 Å². The molecule has 4 rings (SSSR count). The highest BCUT2D eigenvalue weighted by Gasteiger charge is 2.29. The molecule has 1 fully saturated rings. The Labute approximate surface area is 241 Å². The fraction of sp³-hybridized carbons (Fsp3) is 0.364. The first-order valence-electron chi connectivity index (χ1n) is 14.3. The summed E-state index contributed by atoms with van der Waals surface area (Å²) in [4.78, 5) is 41.4. The number of halogens is 1. The topological polar surface area (TPSA) is 105 Å². The highest BCUT2D eigenvalue weighted by molar-refractivity contribution is 6.00. The predicted octanol–water partition coefficient (Wildman–Crippen LogP) is 5.17. The minimum absolute atomic E-state index is 0.0532. The molecular formula is C33H39FN4O3. The Morgan fingerprint density at radius 1 is 1.00 bits per heavy atom. The third-order valence-electron chi connectivity index (χ3n) is 7.80. The van der Waals surface area contributed by atoms with E-state index in [1.54, 1.807) is 31.2 Å². The highest BCUT2D eigenvalue weighted by atomic mass is 19.1. The van der Waals surface area contributed by atoms with Crippen molar-refractivity contribution >= 4 is 23.4 Å². The number of hydrogen-bond acceptors (Lipinski definition) is 4. The molecular weight excluding hydrogens is 519 g/mol. The molecule has 7 nitrogen and oxygen atoms in total. The van der Waals surface area contributed by atoms with E-state index in [2.05, 4.69) is 17.6 Å². The molecule has 4 atom stereocenters. The normalized spacial score (nSPS) is 17.0. The van der Waals surface area contributed by atoms with Gasteiger partial charge < -0.3 is 21.3 Å². The molecule has 0 saturated carbocycles. The van der Waals surface area contributed by atoms with E-state index in [9.17, 15) is 18.8 Å². The van der Waals surface area contributed by atoms with E-state index < -0.39 is 18.0 Å². The predicted molar refractivity (Wildman–Crippen MR) is 159 cm³/mol. The van der Waals surface area contributed by atoms with Gasteiger partial charge in [-0.15, -0.1) is 0 Å². The minimum Gasteiger partial charge on any atom is -0.347 e. The molecule has 4 N–H and O–H groups in total. The van der Waals surface area contributed by atoms with Gasteiger partial charge in [0, 0.05) is 47.4 Å². The van der Waals surface area contributed by atoms with Gasteiger partial charge in [0.1, 0.15) is 5.82 Å². The SMILES string of the molecule is CC[C@H]1CCCN1C(=O)c1cccc(C(=O)N[C@@H](Cc2ccccc2)[C@@H](N)C[C@@H](C)C(=O)Nc2ccc(F)cc2)c1. The van der Waals surface area contributed by atoms with Crippen LogP contribution in [0.2, 0.25) is 0 Å². The highest BCUT2D eigenvalue weighted by Crippen LogP contribution is 2.23. The number of carbonyl (C=O) groups is 3. The van der Waals surface area contributed by atoms with Gasteiger partial charge in [0.15, 0.2) is 0 Å². The van der Waals surface area contributed by atoms with Gasteiger partial charge in [-0.25, -0.2) is 4.39 Å². The molecule has 216 valence electrons. The van der Waals surface area contributed by atoms with E-state index in [1.807, 2.05) is 35.2 Å². The van der Waals surface area contributed by atoms with Gasteiger partial charge in [0.25, 0.3) is 11.8 Å². The first-order valence-corrected chi connectivity index (χ1v) is 14.3. The van der Waals surface area contributed by atoms with Crippen molar-refractivity contribution in [3.05, 3.63) is 101 Å². The number of nitrogens with two attached hydrogens (primary N) is 1. The number of amides is 3. The molecule has 3 aromatic carbocycles. The van der Waals surface area contributed by atoms with Crippen LogP contribution in [-0.4, -0.2) is 47.3 Å². The van der Waals surface area contributed by atoms with Crippen LogP contribution in [0.4, 0.5) is 10.1 Å². The molecule has 1 aliphatic heterocycles. The Hall–Kier alpha value is -4.04. The van der Waals surface area contributed by atoms with Crippen molar-refractivity contribution in [3.63, 3.8) is 0 Å². The number of rotatable bonds is 11. The number of hydrogen-bond donors (Lipinski definition) is 3. The number of likely N-dealkylation sites (tertiary alicyclic amines) is 1. The molecule has 0 aromatic heterocycles. The van der Waals surface area contributed by atoms with Crippen molar-refractivity contribution in [2.45, 2.75) is 64.1 Å². The summed E-state index contributed by atoms with van der Waals surface area (Å²) >= 11 is 0. The Bertz CT molecular complexity index is 1330. The zero-order valence-corrected chi connectivity index (χ0v) is 23.7. The molecule has 3 amide bonds. The van der Waals surface area contributed by atoms with Crippen molar-refractivity contribution in [3.8, 4) is 0 Å². The van der Waals surface area contributed by atoms with Crippen LogP contribution in [0.1, 0.15) is 65.8 Å². The Morgan fingerprint density at radius 3 is 2.41 bits per heavy atom. The fourth-order valence-corrected chi connectivity index (χ4v) is 5.39. The summed E-state index contributed by atoms with van der Waals surface area (Å²) in [5.74, 6) is -1.46. The maximum Gasteiger partial charge on any atom is 0.254 e. The maximum absolute atomic E-state index is 13.5. The molecule has 1 saturated heterocycles. The van der Waals surface area contributed by atoms with E-state index in [4.69, 9.17) is 5.73 Å². The van der Waals surface area contributed by atoms with Crippen molar-refractivity contribution in [2.24, 2.45) is 11.7 Å². The van der Waals surface area contributed by atoms with Gasteiger partial charge in [0.05, 0.1) is 0 Å². The lowest BCUT2D eigenvalue weighted by Crippen LogP contribution is -2.50. The van der Waals surface area contributed by atoms with Gasteiger partial charge in [-0.05, 0) is 80.1 Å². The first-order chi connectivity index (χ1) is 19.7. The van der Waals surface area contributed by atoms with Gasteiger partial charge in [-0.2, -0.15) is 0 Å². The summed E-state index contributed by atoms with van der Waals surface area (Å²) < 4.78 is 13.2. The molecule has 0 radical (unpaired) electrons. The van der Waals surface area contributed by atoms with Crippen molar-refractivity contribution in [1.82, 2.24) is 10.2 Å². The molecule has 0 unspecified atom stereocenters. The van der Waals surface area contributed by atoms with Gasteiger partial charge in [-0.3, -0.25) is 14.4 Å². The zero-order valence-electron chi connectivity index (χ0n) is 23.7. The lowest BCUT2D eigenvalue weighted by molar-refractivity contribution is -0.119. The summed E-state index contributed by atoms with van der Waals surface area (Å²) in [6.07, 6.45) is 3.69. The number of benzene rings is 3. The quantitative estimate of drug-likeness (QED) is 0.302. The molecule has 3 aromatic rings. The minimum atomic E-state index is -0.534. The van der Waals surface area contributed by atoms with Crippen LogP contribution in [0.3, 0.4) is 0 Å². The van der Waals surface area contributed by atoms with Crippen LogP contribution >= 0.6 is 0 Å². The molecule has 8 heteroatoms. The number of nitrogens with zero attached hydrogens (tertiary/aromatic N) is 1. The van der Waals surface area contributed by atoms with Crippen molar-refractivity contribution < 1.29 is 18.8 Å². The van der Waals surface area contributed by atoms with Crippen LogP contribution < -0.4 is 16.4 Å². The second kappa shape index (κ2) is 14.0. The van der Waals surface area contributed by atoms with E-state index in [0.717, 1.165) is 31.4 Å². The third kappa shape index (κ3) is 8.01. The van der Waals surface area contributed by atoms with Gasteiger partial charge >= 0.3 is 0 Å². The second-order valence-electron chi connectivity index (χ2n) is 10.9. The van der Waals surface area contributed by atoms with Crippen LogP contribution in [0.15, 0.2) is 78.9 Å². The average molecular weight is 559 g/mol. The van der Waals surface area contributed by atoms with E-state index in [0.29, 0.717) is 29.7 Å². The van der Waals surface area contributed by atoms with E-state index in [1.165, 1.54) is 24.3 Å². The Balaban J connectivity index is 1.46. The standard InChI is InChI=1S/C33H39FN4O3/c1-3-28-13-8-18-38(28)33(41)25-12-7-11-24(21-25)32(40)37-30(20-23-9-5-4-6-10-23)29(35)19-22(2)31(39)36-27-16-14-26(34)15-17-27/h4-7,9-12,14-17,21-22,28-30H,3,8,13,18-20,35H2,1-2H3,(H,36,39)(H,37,40)/t22-,28+,29+,30+/m1/s1. The summed E-state index contributed by atoms with van der Waals surface area (Å²) in [7, 11) is 0. The van der Waals surface area contributed by atoms with Crippen LogP contribution in [-0.2, 0) is 11.2 Å². The smallest absolute Gasteiger partial charge is 0.254 e. The fourth-order valence-electron chi connectivity index (χ4n) is 5.39. The molecule has 0 spiro atoms. The largest absolute Gasteiger partial charge is 0.347 e. The first kappa shape index (κ1) is 29.9. The molecule has 41 heavy (non-hydrogen) atoms. The lowest BCUT2D eigenvalue weighted by atomic mass is 9.92. The van der Waals surface area contributed by atoms with E-state index in [-0.39, 0.29) is 29.6 Å². The van der Waals surface area contributed by atoms with Crippen LogP contribution in [0, 0.1) is 11.7 Å². The number of carbonyl (C=O) groups excluding carboxylic acids is 3. The van der Waals surface area contributed by atoms with Gasteiger partial charge in [-0.1, -0.05) is 50.2 Å². The monoisotopic (exact) mass is 558 g/mol. The average Bonchev–Trinajstić information content (AvgIpc) is 3.47. The lowest BCUT2D eigenvalue weighted by Gasteiger charge is -2.27. The molecule has 0 bridgehead atoms. The van der Waals surface area contributed by atoms with Crippen molar-refractivity contribution in [1.29, 1.82) is 0 Å². The summed E-state index contributed by atoms with van der Waals surface area (Å²) in [5, 5.41) is 5.87. The molecule has 0 aliphatic carbocycles. The summed E-state index contributed by atoms with van der Waals surface area (Å²) in [6.45, 7) is 4.59. The summed E-state index contributed by atoms with van der Waals surface area (Å²) in [5.41, 5.74) is 9.01. The second-order valence-corrected chi connectivity index (χ2v) is 10.9. The van der Waals surface area contributed by atoms with Gasteiger partial charge in [0.2, 0.25) is 5.91 Å². The van der Waals surface area contributed by atoms with E-state index >= 15 is 0 Å². The number of anilines is 1. The zero-order chi connectivity index (χ0) is 29.4. The molecule has 1 aliphatic rings. The van der Waals surface area contributed by atoms with Crippen LogP contribution in [0.25, 0.3) is 0 Å². The molecule has 1 heterocycles. The summed E-state index contributed by atoms with van der Waals surface area (Å²) in [6, 6.07) is 21.3.